The van der Waals surface area contributed by atoms with Crippen molar-refractivity contribution in [2.75, 3.05) is 6.61 Å². The van der Waals surface area contributed by atoms with E-state index in [-0.39, 0.29) is 12.5 Å². The van der Waals surface area contributed by atoms with Crippen LogP contribution >= 0.6 is 0 Å². The lowest BCUT2D eigenvalue weighted by molar-refractivity contribution is -0.123. The van der Waals surface area contributed by atoms with Gasteiger partial charge < -0.3 is 15.5 Å². The minimum Gasteiger partial charge on any atom is -0.394 e. The van der Waals surface area contributed by atoms with Crippen molar-refractivity contribution in [2.24, 2.45) is 0 Å². The van der Waals surface area contributed by atoms with Gasteiger partial charge in [0.05, 0.1) is 18.8 Å². The Balaban J connectivity index is 3.48. The lowest BCUT2D eigenvalue weighted by Crippen LogP contribution is -2.45. The van der Waals surface area contributed by atoms with Crippen LogP contribution in [0.2, 0.25) is 0 Å². The van der Waals surface area contributed by atoms with Crippen molar-refractivity contribution in [1.29, 1.82) is 0 Å². The van der Waals surface area contributed by atoms with Gasteiger partial charge in [-0.15, -0.1) is 0 Å². The number of nitrogens with one attached hydrogen (secondary N) is 1. The van der Waals surface area contributed by atoms with Crippen LogP contribution in [0.5, 0.6) is 0 Å². The molecule has 2 atom stereocenters. The molecule has 2 unspecified atom stereocenters. The van der Waals surface area contributed by atoms with Crippen LogP contribution in [0.3, 0.4) is 0 Å². The Morgan fingerprint density at radius 2 is 0.704 bits per heavy atom. The molecule has 0 aliphatic rings. The first-order chi connectivity index (χ1) is 26.7. The largest absolute Gasteiger partial charge is 0.394 e. The van der Waals surface area contributed by atoms with Gasteiger partial charge in [-0.2, -0.15) is 0 Å². The van der Waals surface area contributed by atoms with E-state index in [0.717, 1.165) is 25.7 Å². The molecule has 0 fully saturated rings. The molecule has 0 spiro atoms. The zero-order valence-corrected chi connectivity index (χ0v) is 36.8. The van der Waals surface area contributed by atoms with Gasteiger partial charge in [-0.1, -0.05) is 244 Å². The summed E-state index contributed by atoms with van der Waals surface area (Å²) in [6, 6.07) is -0.620. The summed E-state index contributed by atoms with van der Waals surface area (Å²) in [5.74, 6) is -0.0620. The Morgan fingerprint density at radius 1 is 0.426 bits per heavy atom. The van der Waals surface area contributed by atoms with Gasteiger partial charge in [0.2, 0.25) is 5.91 Å². The average Bonchev–Trinajstić information content (AvgIpc) is 3.18. The molecule has 4 heteroatoms. The third-order valence-corrected chi connectivity index (χ3v) is 11.4. The zero-order chi connectivity index (χ0) is 39.3. The van der Waals surface area contributed by atoms with Crippen molar-refractivity contribution in [3.05, 3.63) is 24.3 Å². The highest BCUT2D eigenvalue weighted by molar-refractivity contribution is 5.76. The first kappa shape index (κ1) is 52.9. The van der Waals surface area contributed by atoms with Crippen LogP contribution in [0.25, 0.3) is 0 Å². The fourth-order valence-electron chi connectivity index (χ4n) is 7.65. The van der Waals surface area contributed by atoms with E-state index in [1.165, 1.54) is 225 Å². The van der Waals surface area contributed by atoms with E-state index in [1.807, 2.05) is 6.08 Å². The summed E-state index contributed by atoms with van der Waals surface area (Å²) in [6.07, 6.45) is 60.2. The SMILES string of the molecule is CCCCCCCCCCCCCC/C=C\CCCCCCCCCCCCCC(=O)NC(CO)C(O)/C=C/CCCCCCCCCCCCCCC. The molecule has 0 rings (SSSR count). The second-order valence-electron chi connectivity index (χ2n) is 16.9. The van der Waals surface area contributed by atoms with E-state index in [4.69, 9.17) is 0 Å². The molecule has 0 saturated carbocycles. The molecule has 0 aliphatic carbocycles. The highest BCUT2D eigenvalue weighted by Gasteiger charge is 2.18. The number of rotatable bonds is 45. The molecule has 0 heterocycles. The van der Waals surface area contributed by atoms with Crippen molar-refractivity contribution in [2.45, 2.75) is 283 Å². The maximum absolute atomic E-state index is 12.4. The minimum atomic E-state index is -0.837. The lowest BCUT2D eigenvalue weighted by atomic mass is 10.0. The quantitative estimate of drug-likeness (QED) is 0.0428. The predicted octanol–water partition coefficient (Wildman–Crippen LogP) is 15.6. The minimum absolute atomic E-state index is 0.0620. The van der Waals surface area contributed by atoms with Gasteiger partial charge in [0, 0.05) is 6.42 Å². The average molecular weight is 760 g/mol. The molecule has 0 aromatic rings. The van der Waals surface area contributed by atoms with Crippen LogP contribution in [-0.4, -0.2) is 34.9 Å². The summed E-state index contributed by atoms with van der Waals surface area (Å²) in [6.45, 7) is 4.33. The molecule has 0 saturated heterocycles. The van der Waals surface area contributed by atoms with Crippen molar-refractivity contribution < 1.29 is 15.0 Å². The summed E-state index contributed by atoms with van der Waals surface area (Å²) in [5.41, 5.74) is 0. The summed E-state index contributed by atoms with van der Waals surface area (Å²) in [7, 11) is 0. The smallest absolute Gasteiger partial charge is 0.220 e. The molecule has 0 aliphatic heterocycles. The van der Waals surface area contributed by atoms with E-state index >= 15 is 0 Å². The summed E-state index contributed by atoms with van der Waals surface area (Å²) >= 11 is 0. The molecule has 320 valence electrons. The maximum atomic E-state index is 12.4. The van der Waals surface area contributed by atoms with E-state index < -0.39 is 12.1 Å². The van der Waals surface area contributed by atoms with Gasteiger partial charge in [0.25, 0.3) is 0 Å². The summed E-state index contributed by atoms with van der Waals surface area (Å²) in [4.78, 5) is 12.4. The first-order valence-corrected chi connectivity index (χ1v) is 24.6. The van der Waals surface area contributed by atoms with Gasteiger partial charge in [-0.3, -0.25) is 4.79 Å². The van der Waals surface area contributed by atoms with Gasteiger partial charge in [0.1, 0.15) is 0 Å². The van der Waals surface area contributed by atoms with Crippen molar-refractivity contribution in [3.8, 4) is 0 Å². The predicted molar refractivity (Wildman–Crippen MR) is 239 cm³/mol. The Hall–Kier alpha value is -1.13. The van der Waals surface area contributed by atoms with Crippen LogP contribution in [-0.2, 0) is 4.79 Å². The van der Waals surface area contributed by atoms with Gasteiger partial charge in [-0.05, 0) is 44.9 Å². The Morgan fingerprint density at radius 3 is 1.02 bits per heavy atom. The molecule has 0 radical (unpaired) electrons. The highest BCUT2D eigenvalue weighted by Crippen LogP contribution is 2.16. The molecule has 0 bridgehead atoms. The number of aliphatic hydroxyl groups excluding tert-OH is 2. The standard InChI is InChI=1S/C50H97NO3/c1-3-5-7-9-11-13-15-17-19-20-21-22-23-24-25-26-27-28-29-30-32-34-36-38-40-42-44-46-50(54)51-48(47-52)49(53)45-43-41-39-37-35-33-31-18-16-14-12-10-8-6-4-2/h24-25,43,45,48-49,52-53H,3-23,26-42,44,46-47H2,1-2H3,(H,51,54)/b25-24-,45-43+. The number of carbonyl (C=O) groups is 1. The Kier molecular flexibility index (Phi) is 45.3. The third kappa shape index (κ3) is 42.0. The van der Waals surface area contributed by atoms with Crippen molar-refractivity contribution in [1.82, 2.24) is 5.32 Å². The second-order valence-corrected chi connectivity index (χ2v) is 16.9. The lowest BCUT2D eigenvalue weighted by Gasteiger charge is -2.20. The zero-order valence-electron chi connectivity index (χ0n) is 36.8. The Bertz CT molecular complexity index is 780. The monoisotopic (exact) mass is 760 g/mol. The van der Waals surface area contributed by atoms with E-state index in [0.29, 0.717) is 6.42 Å². The maximum Gasteiger partial charge on any atom is 0.220 e. The fourth-order valence-corrected chi connectivity index (χ4v) is 7.65. The molecular formula is C50H97NO3. The molecule has 0 aromatic carbocycles. The number of hydrogen-bond acceptors (Lipinski definition) is 3. The Labute approximate surface area is 339 Å². The first-order valence-electron chi connectivity index (χ1n) is 24.6. The van der Waals surface area contributed by atoms with Crippen LogP contribution in [0.1, 0.15) is 271 Å². The summed E-state index contributed by atoms with van der Waals surface area (Å²) in [5, 5.41) is 23.0. The molecule has 54 heavy (non-hydrogen) atoms. The molecule has 1 amide bonds. The number of hydrogen-bond donors (Lipinski definition) is 3. The second kappa shape index (κ2) is 46.3. The molecule has 3 N–H and O–H groups in total. The summed E-state index contributed by atoms with van der Waals surface area (Å²) < 4.78 is 0. The van der Waals surface area contributed by atoms with Crippen molar-refractivity contribution in [3.63, 3.8) is 0 Å². The van der Waals surface area contributed by atoms with Gasteiger partial charge in [0.15, 0.2) is 0 Å². The molecule has 0 aromatic heterocycles. The highest BCUT2D eigenvalue weighted by atomic mass is 16.3. The fraction of sp³-hybridized carbons (Fsp3) is 0.900. The number of amides is 1. The van der Waals surface area contributed by atoms with Crippen LogP contribution in [0, 0.1) is 0 Å². The normalized spacial score (nSPS) is 13.0. The van der Waals surface area contributed by atoms with E-state index in [2.05, 4.69) is 31.3 Å². The molecular weight excluding hydrogens is 663 g/mol. The van der Waals surface area contributed by atoms with Crippen molar-refractivity contribution >= 4 is 5.91 Å². The topological polar surface area (TPSA) is 69.6 Å². The number of unbranched alkanes of at least 4 members (excludes halogenated alkanes) is 36. The van der Waals surface area contributed by atoms with E-state index in [9.17, 15) is 15.0 Å². The molecule has 4 nitrogen and oxygen atoms in total. The number of carbonyl (C=O) groups excluding carboxylic acids is 1. The van der Waals surface area contributed by atoms with Gasteiger partial charge >= 0.3 is 0 Å². The number of allylic oxidation sites excluding steroid dienone is 3. The van der Waals surface area contributed by atoms with Gasteiger partial charge in [-0.25, -0.2) is 0 Å². The van der Waals surface area contributed by atoms with Crippen LogP contribution < -0.4 is 5.32 Å². The third-order valence-electron chi connectivity index (χ3n) is 11.4. The van der Waals surface area contributed by atoms with Crippen LogP contribution in [0.4, 0.5) is 0 Å². The van der Waals surface area contributed by atoms with Crippen LogP contribution in [0.15, 0.2) is 24.3 Å². The number of aliphatic hydroxyl groups is 2. The van der Waals surface area contributed by atoms with E-state index in [1.54, 1.807) is 6.08 Å².